The molecule has 1 aliphatic heterocycles. The van der Waals surface area contributed by atoms with Gasteiger partial charge in [0.05, 0.1) is 5.71 Å². The number of likely N-dealkylation sites (N-methyl/N-ethyl adjacent to an activating group) is 1. The number of carbonyl (C=O) groups excluding carboxylic acids is 2. The summed E-state index contributed by atoms with van der Waals surface area (Å²) in [7, 11) is 1.70. The first-order valence-electron chi connectivity index (χ1n) is 9.16. The minimum atomic E-state index is -1.03. The summed E-state index contributed by atoms with van der Waals surface area (Å²) in [6.07, 6.45) is -1.03. The molecule has 7 heteroatoms. The van der Waals surface area contributed by atoms with Gasteiger partial charge in [0.25, 0.3) is 5.91 Å². The van der Waals surface area contributed by atoms with Crippen molar-refractivity contribution in [3.05, 3.63) is 82.7 Å². The first-order valence-corrected chi connectivity index (χ1v) is 10.0. The number of anilines is 2. The van der Waals surface area contributed by atoms with Crippen molar-refractivity contribution < 1.29 is 9.59 Å². The molecule has 146 valence electrons. The highest BCUT2D eigenvalue weighted by atomic mass is 32.1. The molecule has 0 fully saturated rings. The molecule has 6 nitrogen and oxygen atoms in total. The van der Waals surface area contributed by atoms with Crippen molar-refractivity contribution in [1.29, 1.82) is 0 Å². The van der Waals surface area contributed by atoms with Crippen LogP contribution in [0.2, 0.25) is 0 Å². The Morgan fingerprint density at radius 1 is 1.10 bits per heavy atom. The third-order valence-electron chi connectivity index (χ3n) is 4.62. The Hall–Kier alpha value is -3.45. The fraction of sp³-hybridized carbons (Fsp3) is 0.136. The van der Waals surface area contributed by atoms with Gasteiger partial charge < -0.3 is 15.5 Å². The van der Waals surface area contributed by atoms with Crippen molar-refractivity contribution in [1.82, 2.24) is 5.32 Å². The molecule has 2 N–H and O–H groups in total. The van der Waals surface area contributed by atoms with Crippen LogP contribution in [0.25, 0.3) is 0 Å². The lowest BCUT2D eigenvalue weighted by Gasteiger charge is -2.19. The average Bonchev–Trinajstić information content (AvgIpc) is 3.17. The molecule has 29 heavy (non-hydrogen) atoms. The fourth-order valence-corrected chi connectivity index (χ4v) is 4.09. The summed E-state index contributed by atoms with van der Waals surface area (Å²) >= 11 is 1.47. The number of hydrogen-bond acceptors (Lipinski definition) is 4. The zero-order valence-electron chi connectivity index (χ0n) is 16.0. The second-order valence-corrected chi connectivity index (χ2v) is 7.65. The number of hydrogen-bond donors (Lipinski definition) is 2. The smallest absolute Gasteiger partial charge is 0.308 e. The van der Waals surface area contributed by atoms with Gasteiger partial charge in [-0.1, -0.05) is 42.5 Å². The SMILES string of the molecule is Cc1cccc(NC(=O)NC2N=C(c3ccccc3)c3ccsc3N(C)C2=O)c1. The van der Waals surface area contributed by atoms with Crippen molar-refractivity contribution in [3.63, 3.8) is 0 Å². The molecule has 0 aliphatic carbocycles. The van der Waals surface area contributed by atoms with Gasteiger partial charge in [0.2, 0.25) is 6.17 Å². The third kappa shape index (κ3) is 3.90. The predicted molar refractivity (Wildman–Crippen MR) is 117 cm³/mol. The molecule has 1 unspecified atom stereocenters. The number of thiophene rings is 1. The van der Waals surface area contributed by atoms with Crippen molar-refractivity contribution in [2.45, 2.75) is 13.1 Å². The van der Waals surface area contributed by atoms with E-state index in [-0.39, 0.29) is 5.91 Å². The van der Waals surface area contributed by atoms with Crippen LogP contribution < -0.4 is 15.5 Å². The number of amides is 3. The monoisotopic (exact) mass is 404 g/mol. The van der Waals surface area contributed by atoms with E-state index < -0.39 is 12.2 Å². The number of nitrogens with zero attached hydrogens (tertiary/aromatic N) is 2. The number of aryl methyl sites for hydroxylation is 1. The molecule has 4 rings (SSSR count). The number of urea groups is 1. The molecule has 0 bridgehead atoms. The lowest BCUT2D eigenvalue weighted by molar-refractivity contribution is -0.119. The number of rotatable bonds is 3. The Labute approximate surface area is 172 Å². The summed E-state index contributed by atoms with van der Waals surface area (Å²) in [5.74, 6) is -0.293. The summed E-state index contributed by atoms with van der Waals surface area (Å²) in [6.45, 7) is 1.95. The summed E-state index contributed by atoms with van der Waals surface area (Å²) in [4.78, 5) is 31.8. The highest BCUT2D eigenvalue weighted by Gasteiger charge is 2.31. The molecule has 2 heterocycles. The Bertz CT molecular complexity index is 1090. The van der Waals surface area contributed by atoms with Gasteiger partial charge in [0, 0.05) is 23.9 Å². The van der Waals surface area contributed by atoms with Crippen molar-refractivity contribution in [2.75, 3.05) is 17.3 Å². The van der Waals surface area contributed by atoms with Crippen LogP contribution in [0.1, 0.15) is 16.7 Å². The molecular formula is C22H20N4O2S. The van der Waals surface area contributed by atoms with Gasteiger partial charge in [-0.3, -0.25) is 4.79 Å². The minimum Gasteiger partial charge on any atom is -0.308 e. The van der Waals surface area contributed by atoms with Gasteiger partial charge in [0.1, 0.15) is 5.00 Å². The van der Waals surface area contributed by atoms with Gasteiger partial charge in [-0.2, -0.15) is 0 Å². The Morgan fingerprint density at radius 3 is 2.66 bits per heavy atom. The molecule has 0 spiro atoms. The predicted octanol–water partition coefficient (Wildman–Crippen LogP) is 4.02. The van der Waals surface area contributed by atoms with Crippen molar-refractivity contribution >= 4 is 39.7 Å². The molecule has 0 radical (unpaired) electrons. The van der Waals surface area contributed by atoms with E-state index in [1.165, 1.54) is 11.3 Å². The fourth-order valence-electron chi connectivity index (χ4n) is 3.21. The van der Waals surface area contributed by atoms with Crippen LogP contribution in [0.5, 0.6) is 0 Å². The molecule has 3 aromatic rings. The molecular weight excluding hydrogens is 384 g/mol. The molecule has 1 atom stereocenters. The standard InChI is InChI=1S/C22H20N4O2S/c1-14-7-6-10-16(13-14)23-22(28)25-19-20(27)26(2)21-17(11-12-29-21)18(24-19)15-8-4-3-5-9-15/h3-13,19H,1-2H3,(H2,23,25,28). The first-order chi connectivity index (χ1) is 14.0. The van der Waals surface area contributed by atoms with Gasteiger partial charge >= 0.3 is 6.03 Å². The van der Waals surface area contributed by atoms with E-state index in [0.29, 0.717) is 11.4 Å². The number of fused-ring (bicyclic) bond motifs is 1. The van der Waals surface area contributed by atoms with E-state index in [1.807, 2.05) is 66.9 Å². The van der Waals surface area contributed by atoms with Crippen LogP contribution in [0, 0.1) is 6.92 Å². The molecule has 1 aromatic heterocycles. The van der Waals surface area contributed by atoms with E-state index >= 15 is 0 Å². The molecule has 1 aliphatic rings. The zero-order valence-corrected chi connectivity index (χ0v) is 16.9. The van der Waals surface area contributed by atoms with Crippen LogP contribution in [0.3, 0.4) is 0 Å². The number of nitrogens with one attached hydrogen (secondary N) is 2. The maximum absolute atomic E-state index is 13.0. The number of carbonyl (C=O) groups is 2. The van der Waals surface area contributed by atoms with Gasteiger partial charge in [0.15, 0.2) is 0 Å². The highest BCUT2D eigenvalue weighted by molar-refractivity contribution is 7.14. The number of benzene rings is 2. The van der Waals surface area contributed by atoms with Gasteiger partial charge in [-0.15, -0.1) is 11.3 Å². The summed E-state index contributed by atoms with van der Waals surface area (Å²) in [6, 6.07) is 18.6. The van der Waals surface area contributed by atoms with Gasteiger partial charge in [-0.05, 0) is 36.1 Å². The topological polar surface area (TPSA) is 73.8 Å². The largest absolute Gasteiger partial charge is 0.321 e. The summed E-state index contributed by atoms with van der Waals surface area (Å²) in [5, 5.41) is 8.22. The summed E-state index contributed by atoms with van der Waals surface area (Å²) < 4.78 is 0. The van der Waals surface area contributed by atoms with E-state index in [0.717, 1.165) is 21.7 Å². The van der Waals surface area contributed by atoms with Crippen molar-refractivity contribution in [3.8, 4) is 0 Å². The maximum atomic E-state index is 13.0. The van der Waals surface area contributed by atoms with Crippen LogP contribution in [-0.4, -0.2) is 30.9 Å². The van der Waals surface area contributed by atoms with E-state index in [2.05, 4.69) is 15.6 Å². The normalized spacial score (nSPS) is 15.9. The molecule has 0 saturated heterocycles. The minimum absolute atomic E-state index is 0.293. The second kappa shape index (κ2) is 7.89. The van der Waals surface area contributed by atoms with Crippen LogP contribution in [0.4, 0.5) is 15.5 Å². The zero-order chi connectivity index (χ0) is 20.4. The van der Waals surface area contributed by atoms with Crippen LogP contribution in [-0.2, 0) is 4.79 Å². The maximum Gasteiger partial charge on any atom is 0.321 e. The molecule has 0 saturated carbocycles. The first kappa shape index (κ1) is 18.9. The Kier molecular flexibility index (Phi) is 5.14. The van der Waals surface area contributed by atoms with E-state index in [1.54, 1.807) is 18.0 Å². The van der Waals surface area contributed by atoms with Crippen molar-refractivity contribution in [2.24, 2.45) is 4.99 Å². The summed E-state index contributed by atoms with van der Waals surface area (Å²) in [5.41, 5.74) is 4.13. The second-order valence-electron chi connectivity index (χ2n) is 6.75. The Morgan fingerprint density at radius 2 is 1.90 bits per heavy atom. The average molecular weight is 404 g/mol. The van der Waals surface area contributed by atoms with E-state index in [9.17, 15) is 9.59 Å². The molecule has 2 aromatic carbocycles. The Balaban J connectivity index is 1.66. The van der Waals surface area contributed by atoms with Crippen LogP contribution in [0.15, 0.2) is 71.0 Å². The van der Waals surface area contributed by atoms with E-state index in [4.69, 9.17) is 0 Å². The third-order valence-corrected chi connectivity index (χ3v) is 5.61. The van der Waals surface area contributed by atoms with Gasteiger partial charge in [-0.25, -0.2) is 9.79 Å². The quantitative estimate of drug-likeness (QED) is 0.692. The number of aliphatic imine (C=N–C) groups is 1. The van der Waals surface area contributed by atoms with Crippen LogP contribution >= 0.6 is 11.3 Å². The lowest BCUT2D eigenvalue weighted by atomic mass is 10.0. The lowest BCUT2D eigenvalue weighted by Crippen LogP contribution is -2.47. The molecule has 3 amide bonds. The highest BCUT2D eigenvalue weighted by Crippen LogP contribution is 2.32.